The normalized spacial score (nSPS) is 20.4. The van der Waals surface area contributed by atoms with E-state index in [0.29, 0.717) is 11.6 Å². The molecule has 0 aliphatic carbocycles. The van der Waals surface area contributed by atoms with Crippen LogP contribution in [0.3, 0.4) is 0 Å². The van der Waals surface area contributed by atoms with Gasteiger partial charge in [0.1, 0.15) is 18.5 Å². The number of hydrogen-bond acceptors (Lipinski definition) is 6. The average Bonchev–Trinajstić information content (AvgIpc) is 3.40. The van der Waals surface area contributed by atoms with Crippen LogP contribution >= 0.6 is 0 Å². The third-order valence-corrected chi connectivity index (χ3v) is 7.52. The molecular formula is C33H25N5O3. The minimum Gasteiger partial charge on any atom is -0.447 e. The van der Waals surface area contributed by atoms with Crippen LogP contribution in [0.2, 0.25) is 0 Å². The lowest BCUT2D eigenvalue weighted by atomic mass is 9.90. The lowest BCUT2D eigenvalue weighted by molar-refractivity contribution is -0.130. The summed E-state index contributed by atoms with van der Waals surface area (Å²) in [5, 5.41) is 0.752. The molecule has 3 aromatic carbocycles. The lowest BCUT2D eigenvalue weighted by Crippen LogP contribution is -2.71. The van der Waals surface area contributed by atoms with Crippen LogP contribution in [0.5, 0.6) is 0 Å². The molecule has 2 amide bonds. The summed E-state index contributed by atoms with van der Waals surface area (Å²) in [4.78, 5) is 44.4. The molecule has 0 radical (unpaired) electrons. The van der Waals surface area contributed by atoms with Crippen molar-refractivity contribution in [3.63, 3.8) is 0 Å². The van der Waals surface area contributed by atoms with Crippen molar-refractivity contribution < 1.29 is 14.3 Å². The van der Waals surface area contributed by atoms with Crippen LogP contribution in [-0.4, -0.2) is 50.5 Å². The van der Waals surface area contributed by atoms with Crippen molar-refractivity contribution in [3.8, 4) is 11.4 Å². The minimum absolute atomic E-state index is 0.181. The predicted octanol–water partition coefficient (Wildman–Crippen LogP) is 5.68. The maximum absolute atomic E-state index is 14.2. The fourth-order valence-corrected chi connectivity index (χ4v) is 5.53. The number of benzene rings is 3. The number of nitrogens with zero attached hydrogens (tertiary/aromatic N) is 5. The molecule has 4 heterocycles. The van der Waals surface area contributed by atoms with E-state index in [-0.39, 0.29) is 18.6 Å². The molecular weight excluding hydrogens is 514 g/mol. The molecule has 2 fully saturated rings. The Morgan fingerprint density at radius 3 is 2.37 bits per heavy atom. The number of carbonyl (C=O) groups excluding carboxylic acids is 2. The number of hydrogen-bond donors (Lipinski definition) is 0. The molecule has 200 valence electrons. The number of anilines is 1. The number of amides is 2. The van der Waals surface area contributed by atoms with Crippen molar-refractivity contribution in [1.82, 2.24) is 19.9 Å². The molecule has 2 aromatic heterocycles. The molecule has 2 saturated heterocycles. The molecule has 2 aliphatic rings. The van der Waals surface area contributed by atoms with Gasteiger partial charge in [0, 0.05) is 23.3 Å². The van der Waals surface area contributed by atoms with Crippen molar-refractivity contribution in [3.05, 3.63) is 127 Å². The van der Waals surface area contributed by atoms with Gasteiger partial charge in [-0.2, -0.15) is 0 Å². The predicted molar refractivity (Wildman–Crippen MR) is 156 cm³/mol. The Labute approximate surface area is 236 Å². The van der Waals surface area contributed by atoms with Crippen molar-refractivity contribution >= 4 is 34.8 Å². The van der Waals surface area contributed by atoms with Gasteiger partial charge in [-0.3, -0.25) is 19.6 Å². The molecule has 0 N–H and O–H groups in total. The number of β-lactam (4-membered cyclic amide) rings is 1. The number of para-hydroxylation sites is 1. The zero-order chi connectivity index (χ0) is 27.8. The van der Waals surface area contributed by atoms with E-state index < -0.39 is 18.2 Å². The standard InChI is InChI=1S/C33H25N5O3/c39-32-29(37-28(21-41-33(37)40)23-11-3-1-4-12-23)27(18-17-22-10-9-19-34-20-22)38(32)31-25-15-7-8-16-26(25)35-30(36-31)24-13-5-2-6-14-24/h1-20,27-29H,21H2/t27-,28-,29-/m1/s1. The van der Waals surface area contributed by atoms with E-state index in [2.05, 4.69) is 4.98 Å². The van der Waals surface area contributed by atoms with Gasteiger partial charge in [-0.1, -0.05) is 91.0 Å². The highest BCUT2D eigenvalue weighted by Crippen LogP contribution is 2.41. The fourth-order valence-electron chi connectivity index (χ4n) is 5.53. The third kappa shape index (κ3) is 4.39. The van der Waals surface area contributed by atoms with E-state index >= 15 is 0 Å². The first-order valence-electron chi connectivity index (χ1n) is 13.4. The number of rotatable bonds is 6. The molecule has 8 nitrogen and oxygen atoms in total. The smallest absolute Gasteiger partial charge is 0.411 e. The lowest BCUT2D eigenvalue weighted by Gasteiger charge is -2.49. The molecule has 7 rings (SSSR count). The summed E-state index contributed by atoms with van der Waals surface area (Å²) < 4.78 is 5.49. The van der Waals surface area contributed by atoms with E-state index in [1.807, 2.05) is 109 Å². The van der Waals surface area contributed by atoms with E-state index in [1.165, 1.54) is 0 Å². The Hall–Kier alpha value is -5.37. The minimum atomic E-state index is -0.767. The van der Waals surface area contributed by atoms with E-state index in [1.54, 1.807) is 22.2 Å². The van der Waals surface area contributed by atoms with Crippen LogP contribution in [0.25, 0.3) is 28.4 Å². The molecule has 0 unspecified atom stereocenters. The molecule has 0 spiro atoms. The SMILES string of the molecule is O=C1[C@H](N2C(=O)OC[C@@H]2c2ccccc2)[C@@H](C=Cc2cccnc2)N1c1nc(-c2ccccc2)nc2ccccc12. The second-order valence-electron chi connectivity index (χ2n) is 9.95. The second kappa shape index (κ2) is 10.3. The summed E-state index contributed by atoms with van der Waals surface area (Å²) in [6.45, 7) is 0.181. The number of ether oxygens (including phenoxy) is 1. The number of fused-ring (bicyclic) bond motifs is 1. The molecule has 3 atom stereocenters. The average molecular weight is 540 g/mol. The maximum atomic E-state index is 14.2. The zero-order valence-corrected chi connectivity index (χ0v) is 21.9. The topological polar surface area (TPSA) is 88.5 Å². The summed E-state index contributed by atoms with van der Waals surface area (Å²) in [6, 6.07) is 29.1. The third-order valence-electron chi connectivity index (χ3n) is 7.52. The zero-order valence-electron chi connectivity index (χ0n) is 21.9. The number of cyclic esters (lactones) is 1. The second-order valence-corrected chi connectivity index (χ2v) is 9.95. The maximum Gasteiger partial charge on any atom is 0.411 e. The van der Waals surface area contributed by atoms with Crippen molar-refractivity contribution in [2.75, 3.05) is 11.5 Å². The van der Waals surface area contributed by atoms with Crippen LogP contribution < -0.4 is 4.90 Å². The van der Waals surface area contributed by atoms with Crippen LogP contribution in [0.1, 0.15) is 17.2 Å². The Kier molecular flexibility index (Phi) is 6.20. The van der Waals surface area contributed by atoms with Gasteiger partial charge in [0.25, 0.3) is 5.91 Å². The Balaban J connectivity index is 1.35. The number of pyridine rings is 1. The Bertz CT molecular complexity index is 1760. The van der Waals surface area contributed by atoms with Gasteiger partial charge >= 0.3 is 6.09 Å². The molecule has 2 aliphatic heterocycles. The van der Waals surface area contributed by atoms with Gasteiger partial charge < -0.3 is 4.74 Å². The van der Waals surface area contributed by atoms with E-state index in [0.717, 1.165) is 27.6 Å². The van der Waals surface area contributed by atoms with Crippen molar-refractivity contribution in [2.45, 2.75) is 18.1 Å². The molecule has 8 heteroatoms. The molecule has 0 bridgehead atoms. The van der Waals surface area contributed by atoms with Crippen LogP contribution in [0, 0.1) is 0 Å². The summed E-state index contributed by atoms with van der Waals surface area (Å²) in [5.74, 6) is 0.794. The first kappa shape index (κ1) is 24.7. The molecule has 41 heavy (non-hydrogen) atoms. The highest BCUT2D eigenvalue weighted by molar-refractivity contribution is 6.11. The van der Waals surface area contributed by atoms with Gasteiger partial charge in [0.05, 0.1) is 17.6 Å². The number of aromatic nitrogens is 3. The van der Waals surface area contributed by atoms with Gasteiger partial charge in [-0.25, -0.2) is 14.8 Å². The van der Waals surface area contributed by atoms with Crippen molar-refractivity contribution in [1.29, 1.82) is 0 Å². The Morgan fingerprint density at radius 2 is 1.59 bits per heavy atom. The van der Waals surface area contributed by atoms with Crippen LogP contribution in [0.4, 0.5) is 10.6 Å². The van der Waals surface area contributed by atoms with Crippen LogP contribution in [0.15, 0.2) is 116 Å². The van der Waals surface area contributed by atoms with Crippen molar-refractivity contribution in [2.24, 2.45) is 0 Å². The highest BCUT2D eigenvalue weighted by atomic mass is 16.6. The fraction of sp³-hybridized carbons (Fsp3) is 0.121. The van der Waals surface area contributed by atoms with Gasteiger partial charge in [-0.15, -0.1) is 0 Å². The summed E-state index contributed by atoms with van der Waals surface area (Å²) >= 11 is 0. The quantitative estimate of drug-likeness (QED) is 0.258. The first-order chi connectivity index (χ1) is 20.2. The van der Waals surface area contributed by atoms with Gasteiger partial charge in [0.2, 0.25) is 0 Å². The number of carbonyl (C=O) groups is 2. The molecule has 5 aromatic rings. The van der Waals surface area contributed by atoms with Crippen LogP contribution in [-0.2, 0) is 9.53 Å². The Morgan fingerprint density at radius 1 is 0.829 bits per heavy atom. The van der Waals surface area contributed by atoms with Gasteiger partial charge in [-0.05, 0) is 29.3 Å². The highest BCUT2D eigenvalue weighted by Gasteiger charge is 2.56. The van der Waals surface area contributed by atoms with E-state index in [4.69, 9.17) is 14.7 Å². The van der Waals surface area contributed by atoms with Gasteiger partial charge in [0.15, 0.2) is 5.82 Å². The summed E-state index contributed by atoms with van der Waals surface area (Å²) in [5.41, 5.74) is 3.37. The summed E-state index contributed by atoms with van der Waals surface area (Å²) in [6.07, 6.45) is 6.82. The first-order valence-corrected chi connectivity index (χ1v) is 13.4. The summed E-state index contributed by atoms with van der Waals surface area (Å²) in [7, 11) is 0. The largest absolute Gasteiger partial charge is 0.447 e. The molecule has 0 saturated carbocycles. The monoisotopic (exact) mass is 539 g/mol. The van der Waals surface area contributed by atoms with E-state index in [9.17, 15) is 9.59 Å².